The van der Waals surface area contributed by atoms with Gasteiger partial charge in [0.15, 0.2) is 0 Å². The fraction of sp³-hybridized carbons (Fsp3) is 0.786. The highest BCUT2D eigenvalue weighted by Gasteiger charge is 2.36. The molecule has 0 saturated carbocycles. The monoisotopic (exact) mass is 251 g/mol. The van der Waals surface area contributed by atoms with Crippen LogP contribution in [0.1, 0.15) is 51.3 Å². The lowest BCUT2D eigenvalue weighted by Gasteiger charge is -2.41. The number of hydrogen-bond donors (Lipinski definition) is 1. The minimum Gasteiger partial charge on any atom is -0.385 e. The molecule has 0 amide bonds. The lowest BCUT2D eigenvalue weighted by atomic mass is 9.92. The van der Waals surface area contributed by atoms with Gasteiger partial charge >= 0.3 is 0 Å². The summed E-state index contributed by atoms with van der Waals surface area (Å²) in [4.78, 5) is 2.43. The fourth-order valence-corrected chi connectivity index (χ4v) is 2.83. The van der Waals surface area contributed by atoms with Crippen LogP contribution in [-0.2, 0) is 7.05 Å². The highest BCUT2D eigenvalue weighted by Crippen LogP contribution is 2.32. The molecule has 1 aliphatic rings. The van der Waals surface area contributed by atoms with Crippen LogP contribution in [0.3, 0.4) is 0 Å². The van der Waals surface area contributed by atoms with Crippen molar-refractivity contribution >= 4 is 0 Å². The average Bonchev–Trinajstić information content (AvgIpc) is 2.61. The molecule has 2 rings (SSSR count). The van der Waals surface area contributed by atoms with E-state index in [1.54, 1.807) is 10.9 Å². The van der Waals surface area contributed by atoms with E-state index in [0.29, 0.717) is 0 Å². The number of aryl methyl sites for hydroxylation is 1. The van der Waals surface area contributed by atoms with Crippen molar-refractivity contribution in [3.63, 3.8) is 0 Å². The third-order valence-electron chi connectivity index (χ3n) is 4.23. The second kappa shape index (κ2) is 5.41. The topological polar surface area (TPSA) is 41.3 Å². The van der Waals surface area contributed by atoms with Gasteiger partial charge in [-0.3, -0.25) is 9.58 Å². The maximum Gasteiger partial charge on any atom is 0.113 e. The molecule has 4 nitrogen and oxygen atoms in total. The average molecular weight is 251 g/mol. The van der Waals surface area contributed by atoms with Crippen LogP contribution in [0.2, 0.25) is 0 Å². The zero-order chi connectivity index (χ0) is 13.2. The molecule has 1 atom stereocenters. The van der Waals surface area contributed by atoms with Crippen molar-refractivity contribution in [2.75, 3.05) is 13.1 Å². The lowest BCUT2D eigenvalue weighted by Crippen LogP contribution is -2.49. The number of likely N-dealkylation sites (tertiary alicyclic amines) is 1. The summed E-state index contributed by atoms with van der Waals surface area (Å²) >= 11 is 0. The van der Waals surface area contributed by atoms with Gasteiger partial charge in [0.25, 0.3) is 0 Å². The Labute approximate surface area is 110 Å². The second-order valence-electron chi connectivity index (χ2n) is 5.84. The molecule has 0 spiro atoms. The molecule has 1 aromatic rings. The summed E-state index contributed by atoms with van der Waals surface area (Å²) in [5.74, 6) is 0. The maximum absolute atomic E-state index is 10.7. The predicted octanol–water partition coefficient (Wildman–Crippen LogP) is 2.11. The van der Waals surface area contributed by atoms with Crippen molar-refractivity contribution in [3.8, 4) is 0 Å². The van der Waals surface area contributed by atoms with Crippen LogP contribution in [0.5, 0.6) is 0 Å². The predicted molar refractivity (Wildman–Crippen MR) is 72.3 cm³/mol. The molecule has 0 radical (unpaired) electrons. The second-order valence-corrected chi connectivity index (χ2v) is 5.84. The van der Waals surface area contributed by atoms with Gasteiger partial charge in [0.05, 0.1) is 5.69 Å². The number of aromatic nitrogens is 2. The molecular weight excluding hydrogens is 226 g/mol. The van der Waals surface area contributed by atoms with Crippen molar-refractivity contribution in [2.45, 2.75) is 51.2 Å². The van der Waals surface area contributed by atoms with Gasteiger partial charge in [0.1, 0.15) is 6.10 Å². The molecule has 1 N–H and O–H groups in total. The molecule has 102 valence electrons. The van der Waals surface area contributed by atoms with E-state index in [2.05, 4.69) is 23.8 Å². The molecule has 2 heterocycles. The Morgan fingerprint density at radius 1 is 1.22 bits per heavy atom. The van der Waals surface area contributed by atoms with Gasteiger partial charge in [0, 0.05) is 18.8 Å². The van der Waals surface area contributed by atoms with E-state index in [-0.39, 0.29) is 5.54 Å². The molecule has 1 unspecified atom stereocenters. The van der Waals surface area contributed by atoms with Crippen molar-refractivity contribution in [2.24, 2.45) is 7.05 Å². The Bertz CT molecular complexity index is 378. The number of hydrogen-bond acceptors (Lipinski definition) is 3. The minimum atomic E-state index is -0.497. The van der Waals surface area contributed by atoms with E-state index in [1.165, 1.54) is 25.7 Å². The van der Waals surface area contributed by atoms with Crippen LogP contribution in [0, 0.1) is 0 Å². The standard InChI is InChI=1S/C14H25N3O/c1-14(2,17-10-6-4-5-7-11-17)13(18)12-8-9-15-16(12)3/h8-9,13,18H,4-7,10-11H2,1-3H3. The van der Waals surface area contributed by atoms with E-state index < -0.39 is 6.10 Å². The van der Waals surface area contributed by atoms with E-state index in [0.717, 1.165) is 18.8 Å². The van der Waals surface area contributed by atoms with Gasteiger partial charge in [-0.25, -0.2) is 0 Å². The van der Waals surface area contributed by atoms with Crippen LogP contribution in [0.15, 0.2) is 12.3 Å². The summed E-state index contributed by atoms with van der Waals surface area (Å²) in [6.45, 7) is 6.44. The van der Waals surface area contributed by atoms with Crippen molar-refractivity contribution in [1.29, 1.82) is 0 Å². The van der Waals surface area contributed by atoms with Crippen LogP contribution in [-0.4, -0.2) is 38.4 Å². The summed E-state index contributed by atoms with van der Waals surface area (Å²) in [6, 6.07) is 1.91. The Kier molecular flexibility index (Phi) is 4.07. The lowest BCUT2D eigenvalue weighted by molar-refractivity contribution is -0.0142. The first-order valence-corrected chi connectivity index (χ1v) is 6.94. The molecule has 1 aromatic heterocycles. The summed E-state index contributed by atoms with van der Waals surface area (Å²) in [7, 11) is 1.89. The highest BCUT2D eigenvalue weighted by molar-refractivity contribution is 5.10. The summed E-state index contributed by atoms with van der Waals surface area (Å²) < 4.78 is 1.77. The highest BCUT2D eigenvalue weighted by atomic mass is 16.3. The van der Waals surface area contributed by atoms with Crippen LogP contribution >= 0.6 is 0 Å². The van der Waals surface area contributed by atoms with Crippen molar-refractivity contribution in [1.82, 2.24) is 14.7 Å². The molecule has 4 heteroatoms. The number of aliphatic hydroxyl groups is 1. The molecule has 0 aliphatic carbocycles. The summed E-state index contributed by atoms with van der Waals surface area (Å²) in [6.07, 6.45) is 6.35. The normalized spacial score (nSPS) is 20.7. The number of rotatable bonds is 3. The smallest absolute Gasteiger partial charge is 0.113 e. The van der Waals surface area contributed by atoms with Gasteiger partial charge < -0.3 is 5.11 Å². The van der Waals surface area contributed by atoms with E-state index in [4.69, 9.17) is 0 Å². The summed E-state index contributed by atoms with van der Waals surface area (Å²) in [5.41, 5.74) is 0.655. The van der Waals surface area contributed by atoms with Crippen LogP contribution in [0.25, 0.3) is 0 Å². The third kappa shape index (κ3) is 2.59. The first-order chi connectivity index (χ1) is 8.53. The van der Waals surface area contributed by atoms with E-state index in [9.17, 15) is 5.11 Å². The van der Waals surface area contributed by atoms with Gasteiger partial charge in [0.2, 0.25) is 0 Å². The number of nitrogens with zero attached hydrogens (tertiary/aromatic N) is 3. The van der Waals surface area contributed by atoms with Gasteiger partial charge in [-0.2, -0.15) is 5.10 Å². The molecule has 1 aliphatic heterocycles. The quantitative estimate of drug-likeness (QED) is 0.894. The van der Waals surface area contributed by atoms with Crippen molar-refractivity contribution in [3.05, 3.63) is 18.0 Å². The van der Waals surface area contributed by atoms with Crippen molar-refractivity contribution < 1.29 is 5.11 Å². The Balaban J connectivity index is 2.16. The Hall–Kier alpha value is -0.870. The first-order valence-electron chi connectivity index (χ1n) is 6.94. The Morgan fingerprint density at radius 3 is 2.33 bits per heavy atom. The molecule has 18 heavy (non-hydrogen) atoms. The minimum absolute atomic E-state index is 0.238. The van der Waals surface area contributed by atoms with E-state index in [1.807, 2.05) is 13.1 Å². The third-order valence-corrected chi connectivity index (χ3v) is 4.23. The Morgan fingerprint density at radius 2 is 1.83 bits per heavy atom. The molecular formula is C14H25N3O. The van der Waals surface area contributed by atoms with Gasteiger partial charge in [-0.15, -0.1) is 0 Å². The largest absolute Gasteiger partial charge is 0.385 e. The van der Waals surface area contributed by atoms with Crippen LogP contribution in [0.4, 0.5) is 0 Å². The summed E-state index contributed by atoms with van der Waals surface area (Å²) in [5, 5.41) is 14.8. The zero-order valence-electron chi connectivity index (χ0n) is 11.8. The van der Waals surface area contributed by atoms with Gasteiger partial charge in [-0.05, 0) is 45.8 Å². The number of aliphatic hydroxyl groups excluding tert-OH is 1. The SMILES string of the molecule is Cn1nccc1C(O)C(C)(C)N1CCCCCC1. The zero-order valence-corrected chi connectivity index (χ0v) is 11.8. The van der Waals surface area contributed by atoms with E-state index >= 15 is 0 Å². The van der Waals surface area contributed by atoms with Crippen LogP contribution < -0.4 is 0 Å². The first kappa shape index (κ1) is 13.6. The molecule has 1 saturated heterocycles. The molecule has 0 aromatic carbocycles. The molecule has 1 fully saturated rings. The fourth-order valence-electron chi connectivity index (χ4n) is 2.83. The van der Waals surface area contributed by atoms with Gasteiger partial charge in [-0.1, -0.05) is 12.8 Å². The molecule has 0 bridgehead atoms. The maximum atomic E-state index is 10.7.